The van der Waals surface area contributed by atoms with Crippen LogP contribution in [0.3, 0.4) is 0 Å². The maximum absolute atomic E-state index is 12.7. The lowest BCUT2D eigenvalue weighted by atomic mass is 10.2. The van der Waals surface area contributed by atoms with Gasteiger partial charge in [0, 0.05) is 30.2 Å². The van der Waals surface area contributed by atoms with Gasteiger partial charge in [0.15, 0.2) is 0 Å². The number of aromatic nitrogens is 2. The topological polar surface area (TPSA) is 76.5 Å². The maximum atomic E-state index is 12.7. The lowest BCUT2D eigenvalue weighted by molar-refractivity contribution is -0.143. The number of ether oxygens (including phenoxy) is 1. The van der Waals surface area contributed by atoms with Crippen molar-refractivity contribution in [2.75, 3.05) is 25.5 Å². The number of anilines is 1. The number of methoxy groups -OCH3 is 1. The number of nitrogens with one attached hydrogen (secondary N) is 1. The average Bonchev–Trinajstić information content (AvgIpc) is 3.30. The number of carbonyl (C=O) groups is 2. The normalized spacial score (nSPS) is 12.5. The standard InChI is InChI=1S/C20H26N4O3S/c1-4-10-23(11-5-2)20(26)19(25)21-18-16-12-28-13-17(16)22-24(18)14-6-8-15(27-3)9-7-14/h6-9H,4-5,10-13H2,1-3H3,(H,21,25). The minimum atomic E-state index is -0.615. The Kier molecular flexibility index (Phi) is 6.61. The first-order valence-corrected chi connectivity index (χ1v) is 10.7. The second-order valence-corrected chi connectivity index (χ2v) is 7.61. The first-order valence-electron chi connectivity index (χ1n) is 9.52. The van der Waals surface area contributed by atoms with Gasteiger partial charge in [-0.2, -0.15) is 16.9 Å². The number of hydrogen-bond acceptors (Lipinski definition) is 5. The van der Waals surface area contributed by atoms with Gasteiger partial charge in [0.1, 0.15) is 11.6 Å². The molecular formula is C20H26N4O3S. The molecule has 0 unspecified atom stereocenters. The molecule has 0 spiro atoms. The van der Waals surface area contributed by atoms with Gasteiger partial charge in [-0.05, 0) is 37.1 Å². The molecule has 1 aromatic carbocycles. The zero-order valence-corrected chi connectivity index (χ0v) is 17.3. The summed E-state index contributed by atoms with van der Waals surface area (Å²) in [6.45, 7) is 5.14. The summed E-state index contributed by atoms with van der Waals surface area (Å²) in [5.41, 5.74) is 2.74. The number of carbonyl (C=O) groups excluding carboxylic acids is 2. The Hall–Kier alpha value is -2.48. The van der Waals surface area contributed by atoms with E-state index < -0.39 is 11.8 Å². The van der Waals surface area contributed by atoms with E-state index in [-0.39, 0.29) is 0 Å². The molecule has 28 heavy (non-hydrogen) atoms. The summed E-state index contributed by atoms with van der Waals surface area (Å²) < 4.78 is 6.92. The van der Waals surface area contributed by atoms with Gasteiger partial charge in [0.2, 0.25) is 0 Å². The van der Waals surface area contributed by atoms with Crippen molar-refractivity contribution in [1.29, 1.82) is 0 Å². The largest absolute Gasteiger partial charge is 0.497 e. The van der Waals surface area contributed by atoms with E-state index >= 15 is 0 Å². The molecule has 2 heterocycles. The predicted molar refractivity (Wildman–Crippen MR) is 111 cm³/mol. The molecule has 2 aromatic rings. The zero-order valence-electron chi connectivity index (χ0n) is 16.5. The van der Waals surface area contributed by atoms with Crippen LogP contribution in [-0.2, 0) is 21.1 Å². The monoisotopic (exact) mass is 402 g/mol. The van der Waals surface area contributed by atoms with E-state index in [2.05, 4.69) is 10.4 Å². The van der Waals surface area contributed by atoms with Gasteiger partial charge in [-0.25, -0.2) is 4.68 Å². The molecule has 3 rings (SSSR count). The molecular weight excluding hydrogens is 376 g/mol. The molecule has 1 aromatic heterocycles. The van der Waals surface area contributed by atoms with Gasteiger partial charge >= 0.3 is 11.8 Å². The number of rotatable bonds is 7. The fourth-order valence-electron chi connectivity index (χ4n) is 3.21. The van der Waals surface area contributed by atoms with Crippen molar-refractivity contribution < 1.29 is 14.3 Å². The summed E-state index contributed by atoms with van der Waals surface area (Å²) in [7, 11) is 1.62. The first kappa shape index (κ1) is 20.3. The van der Waals surface area contributed by atoms with E-state index in [0.29, 0.717) is 18.9 Å². The smallest absolute Gasteiger partial charge is 0.315 e. The molecule has 7 nitrogen and oxygen atoms in total. The summed E-state index contributed by atoms with van der Waals surface area (Å²) in [4.78, 5) is 27.0. The number of benzene rings is 1. The van der Waals surface area contributed by atoms with Crippen molar-refractivity contribution in [3.8, 4) is 11.4 Å². The van der Waals surface area contributed by atoms with Crippen LogP contribution < -0.4 is 10.1 Å². The second-order valence-electron chi connectivity index (χ2n) is 6.62. The van der Waals surface area contributed by atoms with E-state index in [0.717, 1.165) is 47.0 Å². The Balaban J connectivity index is 1.88. The summed E-state index contributed by atoms with van der Waals surface area (Å²) >= 11 is 1.75. The second kappa shape index (κ2) is 9.14. The minimum absolute atomic E-state index is 0.495. The maximum Gasteiger partial charge on any atom is 0.315 e. The third kappa shape index (κ3) is 4.16. The van der Waals surface area contributed by atoms with Crippen LogP contribution in [0.25, 0.3) is 5.69 Å². The summed E-state index contributed by atoms with van der Waals surface area (Å²) in [6.07, 6.45) is 1.63. The van der Waals surface area contributed by atoms with Gasteiger partial charge in [0.05, 0.1) is 18.5 Å². The molecule has 0 atom stereocenters. The summed E-state index contributed by atoms with van der Waals surface area (Å²) in [6, 6.07) is 7.45. The van der Waals surface area contributed by atoms with Gasteiger partial charge in [-0.1, -0.05) is 13.8 Å². The molecule has 0 bridgehead atoms. The van der Waals surface area contributed by atoms with Crippen molar-refractivity contribution in [1.82, 2.24) is 14.7 Å². The van der Waals surface area contributed by atoms with Gasteiger partial charge in [-0.3, -0.25) is 9.59 Å². The third-order valence-corrected chi connectivity index (χ3v) is 5.54. The van der Waals surface area contributed by atoms with Crippen LogP contribution in [-0.4, -0.2) is 46.7 Å². The van der Waals surface area contributed by atoms with Crippen LogP contribution in [0.5, 0.6) is 5.75 Å². The fraction of sp³-hybridized carbons (Fsp3) is 0.450. The molecule has 8 heteroatoms. The lowest BCUT2D eigenvalue weighted by Crippen LogP contribution is -2.41. The average molecular weight is 403 g/mol. The Morgan fingerprint density at radius 2 is 1.86 bits per heavy atom. The molecule has 0 fully saturated rings. The van der Waals surface area contributed by atoms with Gasteiger partial charge in [-0.15, -0.1) is 0 Å². The van der Waals surface area contributed by atoms with Crippen molar-refractivity contribution in [2.45, 2.75) is 38.2 Å². The van der Waals surface area contributed by atoms with Gasteiger partial charge < -0.3 is 15.0 Å². The van der Waals surface area contributed by atoms with E-state index in [1.165, 1.54) is 0 Å². The van der Waals surface area contributed by atoms with E-state index in [1.807, 2.05) is 38.1 Å². The molecule has 0 aliphatic carbocycles. The third-order valence-electron chi connectivity index (χ3n) is 4.57. The Labute approximate surface area is 169 Å². The summed E-state index contributed by atoms with van der Waals surface area (Å²) in [5.74, 6) is 1.78. The van der Waals surface area contributed by atoms with Crippen molar-refractivity contribution >= 4 is 29.4 Å². The number of nitrogens with zero attached hydrogens (tertiary/aromatic N) is 3. The minimum Gasteiger partial charge on any atom is -0.497 e. The van der Waals surface area contributed by atoms with Crippen molar-refractivity contribution in [2.24, 2.45) is 0 Å². The molecule has 0 radical (unpaired) electrons. The zero-order chi connectivity index (χ0) is 20.1. The highest BCUT2D eigenvalue weighted by molar-refractivity contribution is 7.98. The van der Waals surface area contributed by atoms with Gasteiger partial charge in [0.25, 0.3) is 0 Å². The van der Waals surface area contributed by atoms with E-state index in [4.69, 9.17) is 4.74 Å². The van der Waals surface area contributed by atoms with Crippen LogP contribution in [0.2, 0.25) is 0 Å². The van der Waals surface area contributed by atoms with Crippen molar-refractivity contribution in [3.05, 3.63) is 35.5 Å². The number of amides is 2. The number of fused-ring (bicyclic) bond motifs is 1. The molecule has 2 amide bonds. The highest BCUT2D eigenvalue weighted by Gasteiger charge is 2.28. The molecule has 1 N–H and O–H groups in total. The van der Waals surface area contributed by atoms with Crippen LogP contribution in [0.1, 0.15) is 37.9 Å². The highest BCUT2D eigenvalue weighted by atomic mass is 32.2. The van der Waals surface area contributed by atoms with E-state index in [1.54, 1.807) is 28.5 Å². The Bertz CT molecular complexity index is 842. The predicted octanol–water partition coefficient (Wildman–Crippen LogP) is 3.21. The quantitative estimate of drug-likeness (QED) is 0.720. The lowest BCUT2D eigenvalue weighted by Gasteiger charge is -2.21. The molecule has 0 saturated heterocycles. The number of hydrogen-bond donors (Lipinski definition) is 1. The fourth-order valence-corrected chi connectivity index (χ4v) is 4.25. The van der Waals surface area contributed by atoms with Crippen LogP contribution in [0, 0.1) is 0 Å². The van der Waals surface area contributed by atoms with Crippen LogP contribution in [0.4, 0.5) is 5.82 Å². The molecule has 1 aliphatic rings. The Morgan fingerprint density at radius 3 is 2.46 bits per heavy atom. The molecule has 150 valence electrons. The highest BCUT2D eigenvalue weighted by Crippen LogP contribution is 2.36. The first-order chi connectivity index (χ1) is 13.6. The molecule has 0 saturated carbocycles. The Morgan fingerprint density at radius 1 is 1.18 bits per heavy atom. The number of thioether (sulfide) groups is 1. The molecule has 1 aliphatic heterocycles. The summed E-state index contributed by atoms with van der Waals surface area (Å²) in [5, 5.41) is 7.50. The van der Waals surface area contributed by atoms with Crippen molar-refractivity contribution in [3.63, 3.8) is 0 Å². The van der Waals surface area contributed by atoms with Crippen LogP contribution in [0.15, 0.2) is 24.3 Å². The van der Waals surface area contributed by atoms with Crippen LogP contribution >= 0.6 is 11.8 Å². The SMILES string of the molecule is CCCN(CCC)C(=O)C(=O)Nc1c2c(nn1-c1ccc(OC)cc1)CSC2. The van der Waals surface area contributed by atoms with E-state index in [9.17, 15) is 9.59 Å².